The van der Waals surface area contributed by atoms with Crippen molar-refractivity contribution >= 4 is 11.5 Å². The van der Waals surface area contributed by atoms with Crippen molar-refractivity contribution in [3.05, 3.63) is 40.7 Å². The molecule has 0 aliphatic heterocycles. The van der Waals surface area contributed by atoms with Gasteiger partial charge >= 0.3 is 5.97 Å². The van der Waals surface area contributed by atoms with Crippen LogP contribution < -0.4 is 0 Å². The fourth-order valence-corrected chi connectivity index (χ4v) is 2.28. The molecule has 0 saturated heterocycles. The molecule has 0 fully saturated rings. The quantitative estimate of drug-likeness (QED) is 0.751. The van der Waals surface area contributed by atoms with E-state index in [9.17, 15) is 9.18 Å². The van der Waals surface area contributed by atoms with Crippen LogP contribution in [0, 0.1) is 5.82 Å². The summed E-state index contributed by atoms with van der Waals surface area (Å²) in [5, 5.41) is 0. The van der Waals surface area contributed by atoms with Gasteiger partial charge in [-0.2, -0.15) is 0 Å². The van der Waals surface area contributed by atoms with E-state index in [1.54, 1.807) is 6.07 Å². The highest BCUT2D eigenvalue weighted by Crippen LogP contribution is 2.35. The summed E-state index contributed by atoms with van der Waals surface area (Å²) in [5.41, 5.74) is 4.40. The maximum absolute atomic E-state index is 13.2. The molecule has 0 radical (unpaired) electrons. The average molecular weight is 234 g/mol. The molecule has 1 aromatic rings. The van der Waals surface area contributed by atoms with Crippen LogP contribution in [0.5, 0.6) is 0 Å². The lowest BCUT2D eigenvalue weighted by Crippen LogP contribution is -2.00. The lowest BCUT2D eigenvalue weighted by Gasteiger charge is -2.06. The average Bonchev–Trinajstić information content (AvgIpc) is 2.61. The summed E-state index contributed by atoms with van der Waals surface area (Å²) >= 11 is 0. The van der Waals surface area contributed by atoms with E-state index in [-0.39, 0.29) is 11.8 Å². The van der Waals surface area contributed by atoms with E-state index in [4.69, 9.17) is 0 Å². The number of methoxy groups -OCH3 is 1. The Morgan fingerprint density at radius 3 is 2.94 bits per heavy atom. The normalized spacial score (nSPS) is 13.8. The molecule has 2 rings (SSSR count). The number of allylic oxidation sites excluding steroid dienone is 2. The molecular weight excluding hydrogens is 219 g/mol. The number of benzene rings is 1. The number of ether oxygens (including phenoxy) is 1. The molecule has 3 heteroatoms. The first-order valence-corrected chi connectivity index (χ1v) is 5.66. The molecule has 0 unspecified atom stereocenters. The van der Waals surface area contributed by atoms with E-state index >= 15 is 0 Å². The fraction of sp³-hybridized carbons (Fsp3) is 0.357. The van der Waals surface area contributed by atoms with Gasteiger partial charge in [-0.05, 0) is 48.6 Å². The van der Waals surface area contributed by atoms with Crippen molar-refractivity contribution in [2.75, 3.05) is 7.11 Å². The molecule has 90 valence electrons. The number of carbonyl (C=O) groups is 1. The number of fused-ring (bicyclic) bond motifs is 1. The SMILES string of the molecule is COC(=O)CCC1=C(C)Cc2ccc(F)cc21. The first-order chi connectivity index (χ1) is 8.11. The second kappa shape index (κ2) is 4.70. The molecule has 0 saturated carbocycles. The minimum Gasteiger partial charge on any atom is -0.469 e. The Bertz CT molecular complexity index is 489. The van der Waals surface area contributed by atoms with Crippen LogP contribution in [0.1, 0.15) is 30.9 Å². The number of rotatable bonds is 3. The number of esters is 1. The lowest BCUT2D eigenvalue weighted by atomic mass is 10.0. The number of halogens is 1. The summed E-state index contributed by atoms with van der Waals surface area (Å²) in [6.07, 6.45) is 1.82. The number of carbonyl (C=O) groups excluding carboxylic acids is 1. The van der Waals surface area contributed by atoms with Gasteiger partial charge in [-0.25, -0.2) is 4.39 Å². The van der Waals surface area contributed by atoms with Crippen LogP contribution in [-0.2, 0) is 16.0 Å². The zero-order valence-electron chi connectivity index (χ0n) is 10.0. The van der Waals surface area contributed by atoms with Gasteiger partial charge in [0.25, 0.3) is 0 Å². The smallest absolute Gasteiger partial charge is 0.305 e. The molecule has 1 aliphatic carbocycles. The molecule has 0 amide bonds. The van der Waals surface area contributed by atoms with Crippen LogP contribution in [-0.4, -0.2) is 13.1 Å². The van der Waals surface area contributed by atoms with Crippen molar-refractivity contribution in [1.82, 2.24) is 0 Å². The molecule has 0 N–H and O–H groups in total. The predicted molar refractivity (Wildman–Crippen MR) is 63.9 cm³/mol. The lowest BCUT2D eigenvalue weighted by molar-refractivity contribution is -0.140. The summed E-state index contributed by atoms with van der Waals surface area (Å²) in [6.45, 7) is 2.03. The second-order valence-electron chi connectivity index (χ2n) is 4.31. The van der Waals surface area contributed by atoms with Crippen LogP contribution in [0.15, 0.2) is 23.8 Å². The highest BCUT2D eigenvalue weighted by atomic mass is 19.1. The summed E-state index contributed by atoms with van der Waals surface area (Å²) in [4.78, 5) is 11.1. The van der Waals surface area contributed by atoms with Gasteiger partial charge in [0.05, 0.1) is 7.11 Å². The van der Waals surface area contributed by atoms with Crippen LogP contribution in [0.3, 0.4) is 0 Å². The van der Waals surface area contributed by atoms with Crippen molar-refractivity contribution in [1.29, 1.82) is 0 Å². The Hall–Kier alpha value is -1.64. The first kappa shape index (κ1) is 11.8. The Labute approximate surface area is 100 Å². The maximum Gasteiger partial charge on any atom is 0.305 e. The predicted octanol–water partition coefficient (Wildman–Crippen LogP) is 3.11. The van der Waals surface area contributed by atoms with Gasteiger partial charge in [0.1, 0.15) is 5.82 Å². The topological polar surface area (TPSA) is 26.3 Å². The highest BCUT2D eigenvalue weighted by molar-refractivity contribution is 5.79. The Kier molecular flexibility index (Phi) is 3.27. The zero-order chi connectivity index (χ0) is 12.4. The van der Waals surface area contributed by atoms with Crippen molar-refractivity contribution < 1.29 is 13.9 Å². The molecule has 0 atom stereocenters. The van der Waals surface area contributed by atoms with Gasteiger partial charge in [0.15, 0.2) is 0 Å². The highest BCUT2D eigenvalue weighted by Gasteiger charge is 2.19. The van der Waals surface area contributed by atoms with Gasteiger partial charge in [-0.15, -0.1) is 0 Å². The van der Waals surface area contributed by atoms with Crippen LogP contribution >= 0.6 is 0 Å². The third-order valence-corrected chi connectivity index (χ3v) is 3.17. The standard InChI is InChI=1S/C14H15FO2/c1-9-7-10-3-4-11(15)8-13(10)12(9)5-6-14(16)17-2/h3-4,8H,5-7H2,1-2H3. The second-order valence-corrected chi connectivity index (χ2v) is 4.31. The Morgan fingerprint density at radius 2 is 2.24 bits per heavy atom. The molecule has 2 nitrogen and oxygen atoms in total. The van der Waals surface area contributed by atoms with Crippen molar-refractivity contribution in [3.63, 3.8) is 0 Å². The largest absolute Gasteiger partial charge is 0.469 e. The van der Waals surface area contributed by atoms with Gasteiger partial charge in [0.2, 0.25) is 0 Å². The van der Waals surface area contributed by atoms with Crippen LogP contribution in [0.2, 0.25) is 0 Å². The van der Waals surface area contributed by atoms with Gasteiger partial charge in [0, 0.05) is 6.42 Å². The van der Waals surface area contributed by atoms with Gasteiger partial charge in [-0.3, -0.25) is 4.79 Å². The molecule has 0 aromatic heterocycles. The number of hydrogen-bond donors (Lipinski definition) is 0. The molecule has 1 aromatic carbocycles. The molecule has 0 spiro atoms. The van der Waals surface area contributed by atoms with E-state index in [2.05, 4.69) is 4.74 Å². The van der Waals surface area contributed by atoms with Crippen molar-refractivity contribution in [3.8, 4) is 0 Å². The van der Waals surface area contributed by atoms with Crippen molar-refractivity contribution in [2.24, 2.45) is 0 Å². The van der Waals surface area contributed by atoms with E-state index in [0.29, 0.717) is 12.8 Å². The Morgan fingerprint density at radius 1 is 1.47 bits per heavy atom. The van der Waals surface area contributed by atoms with Crippen LogP contribution in [0.25, 0.3) is 5.57 Å². The summed E-state index contributed by atoms with van der Waals surface area (Å²) in [7, 11) is 1.38. The van der Waals surface area contributed by atoms with Crippen molar-refractivity contribution in [2.45, 2.75) is 26.2 Å². The zero-order valence-corrected chi connectivity index (χ0v) is 10.0. The first-order valence-electron chi connectivity index (χ1n) is 5.66. The van der Waals surface area contributed by atoms with E-state index in [0.717, 1.165) is 23.1 Å². The van der Waals surface area contributed by atoms with E-state index < -0.39 is 0 Å². The third-order valence-electron chi connectivity index (χ3n) is 3.17. The number of hydrogen-bond acceptors (Lipinski definition) is 2. The third kappa shape index (κ3) is 2.38. The summed E-state index contributed by atoms with van der Waals surface area (Å²) < 4.78 is 17.8. The van der Waals surface area contributed by atoms with Gasteiger partial charge < -0.3 is 4.74 Å². The minimum atomic E-state index is -0.228. The molecule has 17 heavy (non-hydrogen) atoms. The molecule has 1 aliphatic rings. The van der Waals surface area contributed by atoms with E-state index in [1.807, 2.05) is 13.0 Å². The summed E-state index contributed by atoms with van der Waals surface area (Å²) in [6, 6.07) is 4.85. The maximum atomic E-state index is 13.2. The molecule has 0 heterocycles. The molecular formula is C14H15FO2. The van der Waals surface area contributed by atoms with Crippen LogP contribution in [0.4, 0.5) is 4.39 Å². The summed E-state index contributed by atoms with van der Waals surface area (Å²) in [5.74, 6) is -0.454. The van der Waals surface area contributed by atoms with E-state index in [1.165, 1.54) is 18.7 Å². The Balaban J connectivity index is 2.21. The van der Waals surface area contributed by atoms with Gasteiger partial charge in [-0.1, -0.05) is 11.6 Å². The minimum absolute atomic E-state index is 0.227. The monoisotopic (exact) mass is 234 g/mol. The fourth-order valence-electron chi connectivity index (χ4n) is 2.28. The molecule has 0 bridgehead atoms.